The predicted molar refractivity (Wildman–Crippen MR) is 61.6 cm³/mol. The van der Waals surface area contributed by atoms with Crippen LogP contribution in [0, 0.1) is 0 Å². The minimum atomic E-state index is -6.85. The highest BCUT2D eigenvalue weighted by molar-refractivity contribution is 7.87. The molecule has 1 aliphatic rings. The van der Waals surface area contributed by atoms with Gasteiger partial charge in [-0.15, -0.1) is 0 Å². The first-order chi connectivity index (χ1) is 9.58. The summed E-state index contributed by atoms with van der Waals surface area (Å²) in [5.41, 5.74) is 0. The van der Waals surface area contributed by atoms with Gasteiger partial charge in [0.15, 0.2) is 0 Å². The Kier molecular flexibility index (Phi) is 6.11. The van der Waals surface area contributed by atoms with E-state index in [9.17, 15) is 39.2 Å². The van der Waals surface area contributed by atoms with Gasteiger partial charge in [-0.05, 0) is 6.92 Å². The van der Waals surface area contributed by atoms with Gasteiger partial charge in [0, 0.05) is 26.0 Å². The van der Waals surface area contributed by atoms with Crippen molar-refractivity contribution in [2.24, 2.45) is 0 Å². The summed E-state index contributed by atoms with van der Waals surface area (Å²) in [6.07, 6.45) is -2.59. The number of alkyl halides is 7. The topological polar surface area (TPSA) is 60.9 Å². The molecule has 0 spiro atoms. The quantitative estimate of drug-likeness (QED) is 0.617. The first-order valence-corrected chi connectivity index (χ1v) is 6.94. The van der Waals surface area contributed by atoms with Crippen molar-refractivity contribution < 1.29 is 43.7 Å². The highest BCUT2D eigenvalue weighted by Gasteiger charge is 2.78. The van der Waals surface area contributed by atoms with Crippen molar-refractivity contribution in [1.82, 2.24) is 9.80 Å². The first-order valence-electron chi connectivity index (χ1n) is 5.50. The van der Waals surface area contributed by atoms with Gasteiger partial charge < -0.3 is 9.80 Å². The molecule has 13 heteroatoms. The van der Waals surface area contributed by atoms with Crippen molar-refractivity contribution in [3.63, 3.8) is 0 Å². The van der Waals surface area contributed by atoms with Crippen LogP contribution in [0.4, 0.5) is 30.7 Å². The van der Waals surface area contributed by atoms with Crippen LogP contribution < -0.4 is 0 Å². The summed E-state index contributed by atoms with van der Waals surface area (Å²) in [6.45, 7) is 4.32. The minimum absolute atomic E-state index is 1.05. The van der Waals surface area contributed by atoms with Gasteiger partial charge in [-0.25, -0.2) is 0 Å². The molecule has 0 fully saturated rings. The summed E-state index contributed by atoms with van der Waals surface area (Å²) in [7, 11) is -4.77. The number of hydrogen-bond donors (Lipinski definition) is 1. The second-order valence-corrected chi connectivity index (χ2v) is 5.63. The highest BCUT2D eigenvalue weighted by Crippen LogP contribution is 2.48. The molecule has 0 saturated carbocycles. The van der Waals surface area contributed by atoms with Gasteiger partial charge in [-0.2, -0.15) is 39.2 Å². The zero-order valence-corrected chi connectivity index (χ0v) is 12.1. The summed E-state index contributed by atoms with van der Waals surface area (Å²) < 4.78 is 108. The third-order valence-electron chi connectivity index (χ3n) is 2.39. The second-order valence-electron chi connectivity index (χ2n) is 4.17. The maximum absolute atomic E-state index is 11.9. The highest BCUT2D eigenvalue weighted by atomic mass is 32.2. The third-order valence-corrected chi connectivity index (χ3v) is 3.29. The van der Waals surface area contributed by atoms with Gasteiger partial charge in [0.2, 0.25) is 0 Å². The molecule has 1 N–H and O–H groups in total. The van der Waals surface area contributed by atoms with Gasteiger partial charge in [-0.3, -0.25) is 4.55 Å². The molecular weight excluding hydrogens is 349 g/mol. The molecule has 0 aromatic carbocycles. The second kappa shape index (κ2) is 6.48. The van der Waals surface area contributed by atoms with E-state index in [1.807, 2.05) is 0 Å². The van der Waals surface area contributed by atoms with Gasteiger partial charge in [0.25, 0.3) is 0 Å². The van der Waals surface area contributed by atoms with Crippen molar-refractivity contribution >= 4 is 10.1 Å². The van der Waals surface area contributed by atoms with Crippen LogP contribution in [0.15, 0.2) is 12.4 Å². The molecule has 0 radical (unpaired) electrons. The van der Waals surface area contributed by atoms with Crippen LogP contribution >= 0.6 is 0 Å². The molecule has 1 rings (SSSR count). The number of nitrogens with zero attached hydrogens (tertiary/aromatic N) is 2. The molecule has 0 aliphatic carbocycles. The number of halogens is 7. The summed E-state index contributed by atoms with van der Waals surface area (Å²) in [5.74, 6) is -6.85. The van der Waals surface area contributed by atoms with Crippen LogP contribution in [0.2, 0.25) is 0 Å². The zero-order chi connectivity index (χ0) is 18.0. The molecule has 0 aromatic heterocycles. The van der Waals surface area contributed by atoms with E-state index >= 15 is 0 Å². The summed E-state index contributed by atoms with van der Waals surface area (Å²) in [6, 6.07) is 0. The normalized spacial score (nSPS) is 16.6. The maximum atomic E-state index is 11.9. The first kappa shape index (κ1) is 20.8. The Labute approximate surface area is 121 Å². The van der Waals surface area contributed by atoms with Crippen molar-refractivity contribution in [3.8, 4) is 0 Å². The van der Waals surface area contributed by atoms with Crippen LogP contribution in [0.1, 0.15) is 6.92 Å². The van der Waals surface area contributed by atoms with Crippen molar-refractivity contribution in [1.29, 1.82) is 0 Å². The fourth-order valence-corrected chi connectivity index (χ4v) is 1.56. The van der Waals surface area contributed by atoms with E-state index in [1.165, 1.54) is 0 Å². The summed E-state index contributed by atoms with van der Waals surface area (Å²) >= 11 is 0. The zero-order valence-electron chi connectivity index (χ0n) is 11.3. The lowest BCUT2D eigenvalue weighted by Crippen LogP contribution is -2.55. The van der Waals surface area contributed by atoms with Crippen LogP contribution in [0.3, 0.4) is 0 Å². The van der Waals surface area contributed by atoms with Gasteiger partial charge in [0.1, 0.15) is 0 Å². The largest absolute Gasteiger partial charge is 0.461 e. The Morgan fingerprint density at radius 1 is 1.09 bits per heavy atom. The molecule has 132 valence electrons. The van der Waals surface area contributed by atoms with Crippen molar-refractivity contribution in [2.45, 2.75) is 24.3 Å². The molecule has 22 heavy (non-hydrogen) atoms. The van der Waals surface area contributed by atoms with Gasteiger partial charge >= 0.3 is 27.5 Å². The van der Waals surface area contributed by atoms with E-state index in [0.717, 1.165) is 13.2 Å². The summed E-state index contributed by atoms with van der Waals surface area (Å²) in [4.78, 5) is 4.41. The SMILES string of the molecule is CCN1C=CN(C)C1.O=S(=O)(O)C(F)(F)C(F)(F)C(F)(F)F. The number of rotatable bonds is 3. The standard InChI is InChI=1S/C6H12N2.C3HF7O3S/c1-3-8-5-4-7(2)6-8;4-1(5,2(6,7)8)3(9,10)14(11,12)13/h4-5H,3,6H2,1-2H3;(H,11,12,13). The van der Waals surface area contributed by atoms with Crippen LogP contribution in [-0.4, -0.2) is 60.4 Å². The van der Waals surface area contributed by atoms with Gasteiger partial charge in [0.05, 0.1) is 6.67 Å². The molecule has 0 amide bonds. The molecule has 1 aliphatic heterocycles. The Morgan fingerprint density at radius 2 is 1.55 bits per heavy atom. The number of hydrogen-bond acceptors (Lipinski definition) is 4. The molecule has 0 unspecified atom stereocenters. The van der Waals surface area contributed by atoms with Crippen LogP contribution in [-0.2, 0) is 10.1 Å². The lowest BCUT2D eigenvalue weighted by Gasteiger charge is -2.25. The average Bonchev–Trinajstić information content (AvgIpc) is 2.72. The smallest absolute Gasteiger partial charge is 0.362 e. The van der Waals surface area contributed by atoms with E-state index in [-0.39, 0.29) is 0 Å². The van der Waals surface area contributed by atoms with E-state index < -0.39 is 27.5 Å². The fraction of sp³-hybridized carbons (Fsp3) is 0.778. The molecule has 1 heterocycles. The van der Waals surface area contributed by atoms with E-state index in [2.05, 4.69) is 36.2 Å². The molecule has 5 nitrogen and oxygen atoms in total. The maximum Gasteiger partial charge on any atom is 0.461 e. The Hall–Kier alpha value is -1.24. The predicted octanol–water partition coefficient (Wildman–Crippen LogP) is 2.35. The average molecular weight is 362 g/mol. The Bertz CT molecular complexity index is 504. The molecule has 0 bridgehead atoms. The van der Waals surface area contributed by atoms with E-state index in [1.54, 1.807) is 0 Å². The third kappa shape index (κ3) is 4.38. The minimum Gasteiger partial charge on any atom is -0.362 e. The Balaban J connectivity index is 0.000000461. The van der Waals surface area contributed by atoms with E-state index in [0.29, 0.717) is 0 Å². The van der Waals surface area contributed by atoms with Crippen molar-refractivity contribution in [3.05, 3.63) is 12.4 Å². The lowest BCUT2D eigenvalue weighted by atomic mass is 10.3. The monoisotopic (exact) mass is 362 g/mol. The summed E-state index contributed by atoms with van der Waals surface area (Å²) in [5, 5.41) is -6.61. The van der Waals surface area contributed by atoms with Gasteiger partial charge in [-0.1, -0.05) is 0 Å². The molecule has 0 atom stereocenters. The molecule has 0 aromatic rings. The molecule has 0 saturated heterocycles. The van der Waals surface area contributed by atoms with E-state index in [4.69, 9.17) is 4.55 Å². The lowest BCUT2D eigenvalue weighted by molar-refractivity contribution is -0.333. The van der Waals surface area contributed by atoms with Crippen LogP contribution in [0.25, 0.3) is 0 Å². The van der Waals surface area contributed by atoms with Crippen LogP contribution in [0.5, 0.6) is 0 Å². The fourth-order valence-electron chi connectivity index (χ4n) is 1.12. The molecular formula is C9H13F7N2O3S. The Morgan fingerprint density at radius 3 is 1.68 bits per heavy atom. The van der Waals surface area contributed by atoms with Crippen molar-refractivity contribution in [2.75, 3.05) is 20.3 Å².